The van der Waals surface area contributed by atoms with Crippen molar-refractivity contribution in [1.82, 2.24) is 9.80 Å². The Bertz CT molecular complexity index is 290. The van der Waals surface area contributed by atoms with E-state index in [2.05, 4.69) is 4.90 Å². The third kappa shape index (κ3) is 3.85. The summed E-state index contributed by atoms with van der Waals surface area (Å²) < 4.78 is 5.27. The lowest BCUT2D eigenvalue weighted by molar-refractivity contribution is 0.114. The monoisotopic (exact) mass is 268 g/mol. The first-order valence-corrected chi connectivity index (χ1v) is 7.73. The summed E-state index contributed by atoms with van der Waals surface area (Å²) in [5.74, 6) is 0.508. The quantitative estimate of drug-likeness (QED) is 0.788. The van der Waals surface area contributed by atoms with E-state index >= 15 is 0 Å². The van der Waals surface area contributed by atoms with Gasteiger partial charge in [-0.15, -0.1) is 0 Å². The van der Waals surface area contributed by atoms with E-state index in [0.717, 1.165) is 26.1 Å². The number of nitrogens with zero attached hydrogens (tertiary/aromatic N) is 2. The molecule has 0 unspecified atom stereocenters. The van der Waals surface area contributed by atoms with Crippen molar-refractivity contribution in [2.24, 2.45) is 5.92 Å². The van der Waals surface area contributed by atoms with Gasteiger partial charge in [0.2, 0.25) is 0 Å². The van der Waals surface area contributed by atoms with E-state index in [4.69, 9.17) is 4.74 Å². The topological polar surface area (TPSA) is 32.8 Å². The summed E-state index contributed by atoms with van der Waals surface area (Å²) in [4.78, 5) is 16.6. The van der Waals surface area contributed by atoms with Gasteiger partial charge in [-0.25, -0.2) is 4.79 Å². The van der Waals surface area contributed by atoms with Crippen molar-refractivity contribution in [3.05, 3.63) is 0 Å². The van der Waals surface area contributed by atoms with Crippen LogP contribution in [0.25, 0.3) is 0 Å². The number of methoxy groups -OCH3 is 1. The lowest BCUT2D eigenvalue weighted by Crippen LogP contribution is -2.46. The maximum Gasteiger partial charge on any atom is 0.319 e. The van der Waals surface area contributed by atoms with Crippen LogP contribution in [0.3, 0.4) is 0 Å². The van der Waals surface area contributed by atoms with Gasteiger partial charge in [0, 0.05) is 33.3 Å². The maximum atomic E-state index is 12.6. The molecule has 2 rings (SSSR count). The second kappa shape index (κ2) is 7.13. The SMILES string of the molecule is COC[C@@H]1CCCCN(C(=O)N(C)C2CCCC2)C1. The van der Waals surface area contributed by atoms with Crippen LogP contribution >= 0.6 is 0 Å². The molecule has 110 valence electrons. The molecule has 2 fully saturated rings. The number of urea groups is 1. The Kier molecular flexibility index (Phi) is 5.49. The largest absolute Gasteiger partial charge is 0.384 e. The smallest absolute Gasteiger partial charge is 0.319 e. The molecule has 0 bridgehead atoms. The molecule has 4 heteroatoms. The molecule has 1 heterocycles. The first kappa shape index (κ1) is 14.6. The predicted octanol–water partition coefficient (Wildman–Crippen LogP) is 2.73. The molecule has 1 saturated heterocycles. The van der Waals surface area contributed by atoms with Gasteiger partial charge in [-0.3, -0.25) is 0 Å². The first-order chi connectivity index (χ1) is 9.22. The van der Waals surface area contributed by atoms with Crippen LogP contribution in [0.2, 0.25) is 0 Å². The van der Waals surface area contributed by atoms with Gasteiger partial charge in [-0.1, -0.05) is 19.3 Å². The highest BCUT2D eigenvalue weighted by atomic mass is 16.5. The number of likely N-dealkylation sites (tertiary alicyclic amines) is 1. The highest BCUT2D eigenvalue weighted by Gasteiger charge is 2.29. The van der Waals surface area contributed by atoms with Crippen molar-refractivity contribution < 1.29 is 9.53 Å². The summed E-state index contributed by atoms with van der Waals surface area (Å²) in [6.45, 7) is 2.55. The minimum absolute atomic E-state index is 0.231. The van der Waals surface area contributed by atoms with E-state index in [1.807, 2.05) is 11.9 Å². The number of hydrogen-bond donors (Lipinski definition) is 0. The lowest BCUT2D eigenvalue weighted by Gasteiger charge is -2.32. The maximum absolute atomic E-state index is 12.6. The van der Waals surface area contributed by atoms with Gasteiger partial charge in [0.15, 0.2) is 0 Å². The lowest BCUT2D eigenvalue weighted by atomic mass is 10.1. The zero-order chi connectivity index (χ0) is 13.7. The fourth-order valence-corrected chi connectivity index (χ4v) is 3.45. The van der Waals surface area contributed by atoms with Crippen LogP contribution in [0, 0.1) is 5.92 Å². The molecule has 19 heavy (non-hydrogen) atoms. The second-order valence-electron chi connectivity index (χ2n) is 6.09. The summed E-state index contributed by atoms with van der Waals surface area (Å²) >= 11 is 0. The Morgan fingerprint density at radius 1 is 1.21 bits per heavy atom. The Hall–Kier alpha value is -0.770. The van der Waals surface area contributed by atoms with Crippen molar-refractivity contribution in [1.29, 1.82) is 0 Å². The molecule has 1 aliphatic carbocycles. The van der Waals surface area contributed by atoms with Gasteiger partial charge >= 0.3 is 6.03 Å². The Morgan fingerprint density at radius 3 is 2.58 bits per heavy atom. The fourth-order valence-electron chi connectivity index (χ4n) is 3.45. The number of ether oxygens (including phenoxy) is 1. The number of amides is 2. The second-order valence-corrected chi connectivity index (χ2v) is 6.09. The number of carbonyl (C=O) groups excluding carboxylic acids is 1. The summed E-state index contributed by atoms with van der Waals surface area (Å²) in [5.41, 5.74) is 0. The van der Waals surface area contributed by atoms with Crippen molar-refractivity contribution >= 4 is 6.03 Å². The summed E-state index contributed by atoms with van der Waals surface area (Å²) in [6, 6.07) is 0.700. The van der Waals surface area contributed by atoms with Crippen LogP contribution in [0.1, 0.15) is 44.9 Å². The highest BCUT2D eigenvalue weighted by Crippen LogP contribution is 2.24. The van der Waals surface area contributed by atoms with E-state index in [9.17, 15) is 4.79 Å². The highest BCUT2D eigenvalue weighted by molar-refractivity contribution is 5.74. The van der Waals surface area contributed by atoms with Crippen LogP contribution < -0.4 is 0 Å². The van der Waals surface area contributed by atoms with Gasteiger partial charge < -0.3 is 14.5 Å². The van der Waals surface area contributed by atoms with E-state index < -0.39 is 0 Å². The average molecular weight is 268 g/mol. The normalized spacial score (nSPS) is 25.4. The molecule has 1 saturated carbocycles. The van der Waals surface area contributed by atoms with Gasteiger partial charge in [-0.05, 0) is 31.6 Å². The number of carbonyl (C=O) groups is 1. The molecule has 0 aromatic rings. The molecule has 0 spiro atoms. The zero-order valence-electron chi connectivity index (χ0n) is 12.4. The third-order valence-corrected chi connectivity index (χ3v) is 4.62. The standard InChI is InChI=1S/C15H28N2O2/c1-16(14-8-3-4-9-14)15(18)17-10-6-5-7-13(11-17)12-19-2/h13-14H,3-12H2,1-2H3/t13-/m1/s1. The van der Waals surface area contributed by atoms with Crippen molar-refractivity contribution in [2.45, 2.75) is 51.0 Å². The van der Waals surface area contributed by atoms with E-state index in [1.165, 1.54) is 38.5 Å². The van der Waals surface area contributed by atoms with Crippen LogP contribution in [-0.4, -0.2) is 55.7 Å². The van der Waals surface area contributed by atoms with Gasteiger partial charge in [0.05, 0.1) is 6.61 Å². The zero-order valence-corrected chi connectivity index (χ0v) is 12.4. The minimum Gasteiger partial charge on any atom is -0.384 e. The molecule has 2 amide bonds. The Labute approximate surface area is 117 Å². The summed E-state index contributed by atoms with van der Waals surface area (Å²) in [7, 11) is 3.73. The average Bonchev–Trinajstić information content (AvgIpc) is 2.85. The van der Waals surface area contributed by atoms with Crippen LogP contribution in [0.15, 0.2) is 0 Å². The molecule has 1 atom stereocenters. The molecular formula is C15H28N2O2. The third-order valence-electron chi connectivity index (χ3n) is 4.62. The molecule has 4 nitrogen and oxygen atoms in total. The fraction of sp³-hybridized carbons (Fsp3) is 0.933. The van der Waals surface area contributed by atoms with E-state index in [1.54, 1.807) is 7.11 Å². The van der Waals surface area contributed by atoms with E-state index in [-0.39, 0.29) is 6.03 Å². The predicted molar refractivity (Wildman–Crippen MR) is 76.2 cm³/mol. The summed E-state index contributed by atoms with van der Waals surface area (Å²) in [6.07, 6.45) is 8.43. The van der Waals surface area contributed by atoms with Crippen molar-refractivity contribution in [3.8, 4) is 0 Å². The minimum atomic E-state index is 0.231. The van der Waals surface area contributed by atoms with Gasteiger partial charge in [-0.2, -0.15) is 0 Å². The molecule has 0 aromatic heterocycles. The van der Waals surface area contributed by atoms with Crippen molar-refractivity contribution in [2.75, 3.05) is 33.9 Å². The first-order valence-electron chi connectivity index (χ1n) is 7.73. The van der Waals surface area contributed by atoms with Crippen LogP contribution in [0.5, 0.6) is 0 Å². The van der Waals surface area contributed by atoms with Gasteiger partial charge in [0.25, 0.3) is 0 Å². The summed E-state index contributed by atoms with van der Waals surface area (Å²) in [5, 5.41) is 0. The van der Waals surface area contributed by atoms with E-state index in [0.29, 0.717) is 12.0 Å². The Balaban J connectivity index is 1.91. The molecule has 0 aromatic carbocycles. The molecular weight excluding hydrogens is 240 g/mol. The van der Waals surface area contributed by atoms with Crippen LogP contribution in [0.4, 0.5) is 4.79 Å². The van der Waals surface area contributed by atoms with Crippen molar-refractivity contribution in [3.63, 3.8) is 0 Å². The van der Waals surface area contributed by atoms with Crippen LogP contribution in [-0.2, 0) is 4.74 Å². The molecule has 2 aliphatic rings. The van der Waals surface area contributed by atoms with Gasteiger partial charge in [0.1, 0.15) is 0 Å². The number of rotatable bonds is 3. The number of hydrogen-bond acceptors (Lipinski definition) is 2. The Morgan fingerprint density at radius 2 is 1.89 bits per heavy atom. The molecule has 1 aliphatic heterocycles. The molecule has 0 N–H and O–H groups in total. The molecule has 0 radical (unpaired) electrons.